The highest BCUT2D eigenvalue weighted by molar-refractivity contribution is 9.10. The molecular formula is C13H19BrN2OS. The van der Waals surface area contributed by atoms with Gasteiger partial charge in [0.15, 0.2) is 0 Å². The zero-order chi connectivity index (χ0) is 13.5. The highest BCUT2D eigenvalue weighted by Crippen LogP contribution is 2.17. The number of nitrogens with two attached hydrogens (primary N) is 1. The Labute approximate surface area is 122 Å². The van der Waals surface area contributed by atoms with Crippen LogP contribution in [-0.4, -0.2) is 36.2 Å². The molecule has 0 saturated carbocycles. The van der Waals surface area contributed by atoms with Crippen molar-refractivity contribution < 1.29 is 4.74 Å². The van der Waals surface area contributed by atoms with E-state index in [0.29, 0.717) is 11.6 Å². The standard InChI is InChI=1S/C13H19BrN2OS/c1-10(13(15)18)17-8-7-16(2)9-11-5-3-4-6-12(11)14/h3-6,10H,7-9H2,1-2H3,(H2,15,18). The van der Waals surface area contributed by atoms with Crippen molar-refractivity contribution >= 4 is 33.1 Å². The van der Waals surface area contributed by atoms with Crippen molar-refractivity contribution in [1.82, 2.24) is 4.90 Å². The van der Waals surface area contributed by atoms with Gasteiger partial charge in [-0.2, -0.15) is 0 Å². The SMILES string of the molecule is CC(OCCN(C)Cc1ccccc1Br)C(N)=S. The third-order valence-corrected chi connectivity index (χ3v) is 3.75. The molecule has 1 atom stereocenters. The third kappa shape index (κ3) is 5.44. The van der Waals surface area contributed by atoms with E-state index in [4.69, 9.17) is 22.7 Å². The summed E-state index contributed by atoms with van der Waals surface area (Å²) in [5.74, 6) is 0. The van der Waals surface area contributed by atoms with Gasteiger partial charge in [-0.05, 0) is 25.6 Å². The average Bonchev–Trinajstić information content (AvgIpc) is 2.32. The van der Waals surface area contributed by atoms with Gasteiger partial charge in [0, 0.05) is 17.6 Å². The van der Waals surface area contributed by atoms with Crippen LogP contribution in [0.3, 0.4) is 0 Å². The molecule has 3 nitrogen and oxygen atoms in total. The van der Waals surface area contributed by atoms with Gasteiger partial charge in [0.1, 0.15) is 11.1 Å². The lowest BCUT2D eigenvalue weighted by molar-refractivity contribution is 0.0896. The van der Waals surface area contributed by atoms with Gasteiger partial charge < -0.3 is 10.5 Å². The van der Waals surface area contributed by atoms with Crippen molar-refractivity contribution in [2.75, 3.05) is 20.2 Å². The molecule has 0 spiro atoms. The minimum Gasteiger partial charge on any atom is -0.391 e. The van der Waals surface area contributed by atoms with E-state index in [9.17, 15) is 0 Å². The summed E-state index contributed by atoms with van der Waals surface area (Å²) in [6.07, 6.45) is -0.156. The van der Waals surface area contributed by atoms with Crippen LogP contribution in [0, 0.1) is 0 Å². The van der Waals surface area contributed by atoms with E-state index in [1.807, 2.05) is 19.1 Å². The summed E-state index contributed by atoms with van der Waals surface area (Å²) < 4.78 is 6.66. The van der Waals surface area contributed by atoms with Crippen LogP contribution >= 0.6 is 28.1 Å². The molecule has 0 bridgehead atoms. The highest BCUT2D eigenvalue weighted by Gasteiger charge is 2.07. The lowest BCUT2D eigenvalue weighted by Crippen LogP contribution is -2.30. The quantitative estimate of drug-likeness (QED) is 0.780. The van der Waals surface area contributed by atoms with Crippen LogP contribution in [0.4, 0.5) is 0 Å². The van der Waals surface area contributed by atoms with E-state index < -0.39 is 0 Å². The maximum absolute atomic E-state index is 5.52. The second kappa shape index (κ2) is 7.84. The fraction of sp³-hybridized carbons (Fsp3) is 0.462. The number of ether oxygens (including phenoxy) is 1. The lowest BCUT2D eigenvalue weighted by Gasteiger charge is -2.19. The smallest absolute Gasteiger partial charge is 0.104 e. The first-order valence-corrected chi connectivity index (χ1v) is 7.03. The summed E-state index contributed by atoms with van der Waals surface area (Å²) in [6, 6.07) is 8.22. The van der Waals surface area contributed by atoms with Crippen molar-refractivity contribution in [1.29, 1.82) is 0 Å². The molecular weight excluding hydrogens is 312 g/mol. The zero-order valence-corrected chi connectivity index (χ0v) is 13.1. The molecule has 0 amide bonds. The van der Waals surface area contributed by atoms with Crippen molar-refractivity contribution in [3.8, 4) is 0 Å². The van der Waals surface area contributed by atoms with Crippen LogP contribution in [0.1, 0.15) is 12.5 Å². The lowest BCUT2D eigenvalue weighted by atomic mass is 10.2. The van der Waals surface area contributed by atoms with Crippen molar-refractivity contribution in [2.24, 2.45) is 5.73 Å². The Morgan fingerprint density at radius 3 is 2.78 bits per heavy atom. The number of likely N-dealkylation sites (N-methyl/N-ethyl adjacent to an activating group) is 1. The number of hydrogen-bond donors (Lipinski definition) is 1. The Morgan fingerprint density at radius 2 is 2.17 bits per heavy atom. The topological polar surface area (TPSA) is 38.5 Å². The van der Waals surface area contributed by atoms with Gasteiger partial charge in [-0.1, -0.05) is 46.3 Å². The van der Waals surface area contributed by atoms with Gasteiger partial charge >= 0.3 is 0 Å². The highest BCUT2D eigenvalue weighted by atomic mass is 79.9. The minimum absolute atomic E-state index is 0.156. The summed E-state index contributed by atoms with van der Waals surface area (Å²) in [6.45, 7) is 4.22. The second-order valence-corrected chi connectivity index (χ2v) is 5.57. The van der Waals surface area contributed by atoms with Gasteiger partial charge in [0.05, 0.1) is 6.61 Å². The molecule has 5 heteroatoms. The van der Waals surface area contributed by atoms with Gasteiger partial charge in [-0.25, -0.2) is 0 Å². The van der Waals surface area contributed by atoms with E-state index in [1.165, 1.54) is 5.56 Å². The minimum atomic E-state index is -0.156. The predicted molar refractivity (Wildman–Crippen MR) is 82.7 cm³/mol. The number of halogens is 1. The molecule has 1 rings (SSSR count). The summed E-state index contributed by atoms with van der Waals surface area (Å²) in [4.78, 5) is 2.61. The molecule has 0 aliphatic carbocycles. The normalized spacial score (nSPS) is 12.7. The summed E-state index contributed by atoms with van der Waals surface area (Å²) >= 11 is 8.40. The third-order valence-electron chi connectivity index (χ3n) is 2.64. The number of nitrogens with zero attached hydrogens (tertiary/aromatic N) is 1. The molecule has 0 fully saturated rings. The van der Waals surface area contributed by atoms with Crippen molar-refractivity contribution in [3.05, 3.63) is 34.3 Å². The molecule has 2 N–H and O–H groups in total. The molecule has 0 aliphatic rings. The largest absolute Gasteiger partial charge is 0.391 e. The van der Waals surface area contributed by atoms with E-state index in [-0.39, 0.29) is 6.10 Å². The fourth-order valence-electron chi connectivity index (χ4n) is 1.46. The molecule has 0 aliphatic heterocycles. The van der Waals surface area contributed by atoms with Crippen LogP contribution in [0.15, 0.2) is 28.7 Å². The molecule has 100 valence electrons. The monoisotopic (exact) mass is 330 g/mol. The van der Waals surface area contributed by atoms with Gasteiger partial charge in [-0.3, -0.25) is 4.90 Å². The Kier molecular flexibility index (Phi) is 6.78. The van der Waals surface area contributed by atoms with Gasteiger partial charge in [0.25, 0.3) is 0 Å². The van der Waals surface area contributed by atoms with E-state index in [2.05, 4.69) is 40.0 Å². The molecule has 1 unspecified atom stereocenters. The molecule has 1 aromatic rings. The molecule has 1 aromatic carbocycles. The Bertz CT molecular complexity index is 400. The summed E-state index contributed by atoms with van der Waals surface area (Å²) in [5.41, 5.74) is 6.75. The average molecular weight is 331 g/mol. The number of rotatable bonds is 7. The second-order valence-electron chi connectivity index (χ2n) is 4.24. The van der Waals surface area contributed by atoms with Crippen molar-refractivity contribution in [3.63, 3.8) is 0 Å². The summed E-state index contributed by atoms with van der Waals surface area (Å²) in [5, 5.41) is 0. The van der Waals surface area contributed by atoms with Crippen LogP contribution in [-0.2, 0) is 11.3 Å². The molecule has 0 heterocycles. The van der Waals surface area contributed by atoms with E-state index >= 15 is 0 Å². The first-order chi connectivity index (χ1) is 8.50. The van der Waals surface area contributed by atoms with Crippen LogP contribution in [0.25, 0.3) is 0 Å². The maximum Gasteiger partial charge on any atom is 0.104 e. The first-order valence-electron chi connectivity index (χ1n) is 5.83. The maximum atomic E-state index is 5.52. The number of thiocarbonyl (C=S) groups is 1. The Balaban J connectivity index is 2.32. The molecule has 0 radical (unpaired) electrons. The Hall–Kier alpha value is -0.490. The van der Waals surface area contributed by atoms with E-state index in [1.54, 1.807) is 0 Å². The zero-order valence-electron chi connectivity index (χ0n) is 10.7. The molecule has 0 saturated heterocycles. The summed E-state index contributed by atoms with van der Waals surface area (Å²) in [7, 11) is 2.06. The van der Waals surface area contributed by atoms with Crippen LogP contribution in [0.5, 0.6) is 0 Å². The van der Waals surface area contributed by atoms with E-state index in [0.717, 1.165) is 17.6 Å². The van der Waals surface area contributed by atoms with Crippen molar-refractivity contribution in [2.45, 2.75) is 19.6 Å². The van der Waals surface area contributed by atoms with Gasteiger partial charge in [-0.15, -0.1) is 0 Å². The van der Waals surface area contributed by atoms with Gasteiger partial charge in [0.2, 0.25) is 0 Å². The van der Waals surface area contributed by atoms with Crippen LogP contribution < -0.4 is 5.73 Å². The number of benzene rings is 1. The fourth-order valence-corrected chi connectivity index (χ4v) is 1.94. The molecule has 0 aromatic heterocycles. The molecule has 18 heavy (non-hydrogen) atoms. The predicted octanol–water partition coefficient (Wildman–Crippen LogP) is 2.57. The number of hydrogen-bond acceptors (Lipinski definition) is 3. The Morgan fingerprint density at radius 1 is 1.50 bits per heavy atom. The van der Waals surface area contributed by atoms with Crippen LogP contribution in [0.2, 0.25) is 0 Å². The first kappa shape index (κ1) is 15.6.